The summed E-state index contributed by atoms with van der Waals surface area (Å²) < 4.78 is 10.6. The van der Waals surface area contributed by atoms with Gasteiger partial charge in [-0.1, -0.05) is 48.5 Å². The van der Waals surface area contributed by atoms with Crippen LogP contribution in [0.5, 0.6) is 5.75 Å². The summed E-state index contributed by atoms with van der Waals surface area (Å²) in [6.45, 7) is 4.55. The van der Waals surface area contributed by atoms with Crippen LogP contribution in [0.1, 0.15) is 23.1 Å². The van der Waals surface area contributed by atoms with Gasteiger partial charge in [0.2, 0.25) is 0 Å². The van der Waals surface area contributed by atoms with E-state index in [0.29, 0.717) is 18.8 Å². The lowest BCUT2D eigenvalue weighted by molar-refractivity contribution is -0.153. The molecule has 2 aromatic carbocycles. The molecular weight excluding hydrogens is 354 g/mol. The van der Waals surface area contributed by atoms with E-state index >= 15 is 0 Å². The highest BCUT2D eigenvalue weighted by Crippen LogP contribution is 2.22. The highest BCUT2D eigenvalue weighted by Gasteiger charge is 2.19. The molecule has 2 aromatic rings. The zero-order valence-electron chi connectivity index (χ0n) is 16.3. The number of esters is 1. The molecule has 0 saturated carbocycles. The zero-order chi connectivity index (χ0) is 19.9. The van der Waals surface area contributed by atoms with Crippen molar-refractivity contribution in [1.82, 2.24) is 4.90 Å². The van der Waals surface area contributed by atoms with Gasteiger partial charge in [0.1, 0.15) is 5.75 Å². The molecule has 1 amide bonds. The summed E-state index contributed by atoms with van der Waals surface area (Å²) in [4.78, 5) is 25.9. The van der Waals surface area contributed by atoms with E-state index in [1.165, 1.54) is 11.1 Å². The molecule has 146 valence electrons. The van der Waals surface area contributed by atoms with Gasteiger partial charge in [-0.15, -0.1) is 0 Å². The molecule has 28 heavy (non-hydrogen) atoms. The maximum Gasteiger partial charge on any atom is 0.344 e. The van der Waals surface area contributed by atoms with Gasteiger partial charge in [0.15, 0.2) is 13.2 Å². The minimum Gasteiger partial charge on any atom is -0.482 e. The molecule has 5 heteroatoms. The summed E-state index contributed by atoms with van der Waals surface area (Å²) in [5, 5.41) is 0. The predicted molar refractivity (Wildman–Crippen MR) is 108 cm³/mol. The Labute approximate surface area is 165 Å². The standard InChI is InChI=1S/C23H25NO4/c1-17-8-9-18(2)21(14-17)27-16-23(26)28-15-22(25)24-12-10-20(11-13-24)19-6-4-3-5-7-19/h3-10,14H,11-13,15-16H2,1-2H3. The van der Waals surface area contributed by atoms with E-state index in [-0.39, 0.29) is 19.1 Å². The number of benzene rings is 2. The van der Waals surface area contributed by atoms with Gasteiger partial charge in [-0.05, 0) is 48.6 Å². The molecule has 0 N–H and O–H groups in total. The first-order valence-electron chi connectivity index (χ1n) is 9.41. The van der Waals surface area contributed by atoms with E-state index in [2.05, 4.69) is 18.2 Å². The van der Waals surface area contributed by atoms with Crippen LogP contribution in [0.2, 0.25) is 0 Å². The minimum absolute atomic E-state index is 0.191. The molecule has 0 fully saturated rings. The first-order valence-corrected chi connectivity index (χ1v) is 9.41. The van der Waals surface area contributed by atoms with E-state index in [0.717, 1.165) is 17.5 Å². The Morgan fingerprint density at radius 1 is 1.04 bits per heavy atom. The Balaban J connectivity index is 1.43. The van der Waals surface area contributed by atoms with Crippen molar-refractivity contribution in [3.63, 3.8) is 0 Å². The second-order valence-corrected chi connectivity index (χ2v) is 6.90. The van der Waals surface area contributed by atoms with Crippen molar-refractivity contribution in [3.05, 3.63) is 71.3 Å². The number of rotatable bonds is 6. The number of carbonyl (C=O) groups is 2. The molecule has 1 aliphatic heterocycles. The Morgan fingerprint density at radius 2 is 1.82 bits per heavy atom. The number of ether oxygens (including phenoxy) is 2. The van der Waals surface area contributed by atoms with Gasteiger partial charge in [0.05, 0.1) is 0 Å². The number of hydrogen-bond acceptors (Lipinski definition) is 4. The maximum atomic E-state index is 12.3. The highest BCUT2D eigenvalue weighted by molar-refractivity contribution is 5.82. The number of aryl methyl sites for hydroxylation is 2. The van der Waals surface area contributed by atoms with Crippen molar-refractivity contribution in [1.29, 1.82) is 0 Å². The molecular formula is C23H25NO4. The lowest BCUT2D eigenvalue weighted by Crippen LogP contribution is -2.38. The highest BCUT2D eigenvalue weighted by atomic mass is 16.6. The van der Waals surface area contributed by atoms with E-state index in [1.807, 2.05) is 50.2 Å². The van der Waals surface area contributed by atoms with Crippen LogP contribution in [-0.4, -0.2) is 43.1 Å². The summed E-state index contributed by atoms with van der Waals surface area (Å²) in [5.41, 5.74) is 4.43. The van der Waals surface area contributed by atoms with Gasteiger partial charge in [0, 0.05) is 13.1 Å². The molecule has 1 heterocycles. The van der Waals surface area contributed by atoms with Crippen LogP contribution in [0.3, 0.4) is 0 Å². The van der Waals surface area contributed by atoms with Crippen LogP contribution in [0.4, 0.5) is 0 Å². The molecule has 1 aliphatic rings. The molecule has 0 saturated heterocycles. The quantitative estimate of drug-likeness (QED) is 0.721. The fourth-order valence-electron chi connectivity index (χ4n) is 3.08. The van der Waals surface area contributed by atoms with Crippen molar-refractivity contribution in [2.45, 2.75) is 20.3 Å². The molecule has 0 bridgehead atoms. The molecule has 0 spiro atoms. The number of amides is 1. The van der Waals surface area contributed by atoms with Crippen LogP contribution in [-0.2, 0) is 14.3 Å². The SMILES string of the molecule is Cc1ccc(C)c(OCC(=O)OCC(=O)N2CC=C(c3ccccc3)CC2)c1. The van der Waals surface area contributed by atoms with Crippen LogP contribution < -0.4 is 4.74 Å². The number of nitrogens with zero attached hydrogens (tertiary/aromatic N) is 1. The monoisotopic (exact) mass is 379 g/mol. The molecule has 0 aromatic heterocycles. The fourth-order valence-corrected chi connectivity index (χ4v) is 3.08. The van der Waals surface area contributed by atoms with E-state index < -0.39 is 5.97 Å². The van der Waals surface area contributed by atoms with Gasteiger partial charge in [-0.3, -0.25) is 4.79 Å². The normalized spacial score (nSPS) is 13.6. The zero-order valence-corrected chi connectivity index (χ0v) is 16.3. The lowest BCUT2D eigenvalue weighted by atomic mass is 10.00. The smallest absolute Gasteiger partial charge is 0.344 e. The van der Waals surface area contributed by atoms with Crippen molar-refractivity contribution < 1.29 is 19.1 Å². The minimum atomic E-state index is -0.549. The van der Waals surface area contributed by atoms with Crippen molar-refractivity contribution in [2.75, 3.05) is 26.3 Å². The molecule has 0 atom stereocenters. The van der Waals surface area contributed by atoms with Gasteiger partial charge in [0.25, 0.3) is 5.91 Å². The van der Waals surface area contributed by atoms with Gasteiger partial charge in [-0.25, -0.2) is 4.79 Å². The Bertz CT molecular complexity index is 873. The van der Waals surface area contributed by atoms with Gasteiger partial charge >= 0.3 is 5.97 Å². The Kier molecular flexibility index (Phi) is 6.48. The third kappa shape index (κ3) is 5.22. The topological polar surface area (TPSA) is 55.8 Å². The summed E-state index contributed by atoms with van der Waals surface area (Å²) in [5.74, 6) is -0.0897. The van der Waals surface area contributed by atoms with Crippen LogP contribution >= 0.6 is 0 Å². The third-order valence-corrected chi connectivity index (χ3v) is 4.75. The van der Waals surface area contributed by atoms with Crippen LogP contribution in [0.25, 0.3) is 5.57 Å². The fraction of sp³-hybridized carbons (Fsp3) is 0.304. The maximum absolute atomic E-state index is 12.3. The van der Waals surface area contributed by atoms with Crippen LogP contribution in [0, 0.1) is 13.8 Å². The summed E-state index contributed by atoms with van der Waals surface area (Å²) in [6.07, 6.45) is 2.85. The number of hydrogen-bond donors (Lipinski definition) is 0. The third-order valence-electron chi connectivity index (χ3n) is 4.75. The first-order chi connectivity index (χ1) is 13.5. The summed E-state index contributed by atoms with van der Waals surface area (Å²) in [7, 11) is 0. The molecule has 5 nitrogen and oxygen atoms in total. The number of carbonyl (C=O) groups excluding carboxylic acids is 2. The molecule has 0 radical (unpaired) electrons. The van der Waals surface area contributed by atoms with Crippen molar-refractivity contribution in [2.24, 2.45) is 0 Å². The molecule has 0 unspecified atom stereocenters. The summed E-state index contributed by atoms with van der Waals surface area (Å²) in [6, 6.07) is 15.9. The van der Waals surface area contributed by atoms with Crippen LogP contribution in [0.15, 0.2) is 54.6 Å². The second-order valence-electron chi connectivity index (χ2n) is 6.90. The van der Waals surface area contributed by atoms with Gasteiger partial charge < -0.3 is 14.4 Å². The van der Waals surface area contributed by atoms with E-state index in [4.69, 9.17) is 9.47 Å². The predicted octanol–water partition coefficient (Wildman–Crippen LogP) is 3.54. The molecule has 0 aliphatic carbocycles. The molecule has 3 rings (SSSR count). The Hall–Kier alpha value is -3.08. The summed E-state index contributed by atoms with van der Waals surface area (Å²) >= 11 is 0. The van der Waals surface area contributed by atoms with Crippen molar-refractivity contribution >= 4 is 17.4 Å². The van der Waals surface area contributed by atoms with Crippen molar-refractivity contribution in [3.8, 4) is 5.75 Å². The average molecular weight is 379 g/mol. The largest absolute Gasteiger partial charge is 0.482 e. The van der Waals surface area contributed by atoms with E-state index in [9.17, 15) is 9.59 Å². The second kappa shape index (κ2) is 9.22. The van der Waals surface area contributed by atoms with E-state index in [1.54, 1.807) is 4.90 Å². The lowest BCUT2D eigenvalue weighted by Gasteiger charge is -2.26. The average Bonchev–Trinajstić information content (AvgIpc) is 2.73. The first kappa shape index (κ1) is 19.7. The van der Waals surface area contributed by atoms with Gasteiger partial charge in [-0.2, -0.15) is 0 Å². The Morgan fingerprint density at radius 3 is 2.54 bits per heavy atom.